The highest BCUT2D eigenvalue weighted by atomic mass is 15.1. The molecule has 0 aliphatic carbocycles. The van der Waals surface area contributed by atoms with Crippen LogP contribution in [0.4, 0.5) is 0 Å². The van der Waals surface area contributed by atoms with Gasteiger partial charge in [0.25, 0.3) is 0 Å². The first kappa shape index (κ1) is 11.1. The molecular formula is C8H17N. The molecule has 0 heterocycles. The molecule has 0 aromatic heterocycles. The second kappa shape index (κ2) is 7.28. The Balaban J connectivity index is 0. The van der Waals surface area contributed by atoms with Crippen molar-refractivity contribution in [3.63, 3.8) is 0 Å². The van der Waals surface area contributed by atoms with Gasteiger partial charge in [-0.2, -0.15) is 0 Å². The Hall–Kier alpha value is -0.720. The minimum absolute atomic E-state index is 1.01. The molecule has 0 aromatic carbocycles. The normalized spacial score (nSPS) is 6.67. The molecule has 0 radical (unpaired) electrons. The molecule has 9 heavy (non-hydrogen) atoms. The molecule has 0 N–H and O–H groups in total. The zero-order valence-electron chi connectivity index (χ0n) is 6.94. The third-order valence-electron chi connectivity index (χ3n) is 0.876. The van der Waals surface area contributed by atoms with Gasteiger partial charge in [-0.25, -0.2) is 0 Å². The molecule has 0 rings (SSSR count). The number of hydrogen-bond donors (Lipinski definition) is 0. The van der Waals surface area contributed by atoms with Gasteiger partial charge in [0.1, 0.15) is 0 Å². The SMILES string of the molecule is C=CN(C)C(=C)C.CC. The van der Waals surface area contributed by atoms with Gasteiger partial charge in [0, 0.05) is 12.7 Å². The van der Waals surface area contributed by atoms with Gasteiger partial charge in [0.2, 0.25) is 0 Å². The zero-order valence-corrected chi connectivity index (χ0v) is 6.94. The number of allylic oxidation sites excluding steroid dienone is 1. The van der Waals surface area contributed by atoms with Gasteiger partial charge in [-0.05, 0) is 13.1 Å². The molecule has 0 fully saturated rings. The molecule has 1 nitrogen and oxygen atoms in total. The lowest BCUT2D eigenvalue weighted by Crippen LogP contribution is -2.04. The summed E-state index contributed by atoms with van der Waals surface area (Å²) in [5, 5.41) is 0. The van der Waals surface area contributed by atoms with E-state index in [1.54, 1.807) is 6.20 Å². The minimum atomic E-state index is 1.01. The molecule has 0 aliphatic heterocycles. The molecule has 0 aliphatic rings. The van der Waals surface area contributed by atoms with Crippen LogP contribution in [0, 0.1) is 0 Å². The Morgan fingerprint density at radius 1 is 1.44 bits per heavy atom. The van der Waals surface area contributed by atoms with E-state index in [-0.39, 0.29) is 0 Å². The lowest BCUT2D eigenvalue weighted by atomic mass is 10.5. The van der Waals surface area contributed by atoms with Crippen molar-refractivity contribution in [1.82, 2.24) is 4.90 Å². The van der Waals surface area contributed by atoms with Crippen LogP contribution in [0.5, 0.6) is 0 Å². The average Bonchev–Trinajstić information content (AvgIpc) is 1.91. The summed E-state index contributed by atoms with van der Waals surface area (Å²) in [4.78, 5) is 1.86. The number of nitrogens with zero attached hydrogens (tertiary/aromatic N) is 1. The molecule has 54 valence electrons. The second-order valence-corrected chi connectivity index (χ2v) is 1.53. The summed E-state index contributed by atoms with van der Waals surface area (Å²) in [5.74, 6) is 0. The first-order chi connectivity index (χ1) is 4.18. The Bertz CT molecular complexity index is 84.6. The first-order valence-corrected chi connectivity index (χ1v) is 3.19. The van der Waals surface area contributed by atoms with Gasteiger partial charge >= 0.3 is 0 Å². The van der Waals surface area contributed by atoms with E-state index in [1.165, 1.54) is 0 Å². The molecule has 0 saturated carbocycles. The molecule has 0 amide bonds. The predicted molar refractivity (Wildman–Crippen MR) is 44.1 cm³/mol. The smallest absolute Gasteiger partial charge is 0.0108 e. The predicted octanol–water partition coefficient (Wildman–Crippen LogP) is 2.62. The summed E-state index contributed by atoms with van der Waals surface area (Å²) in [7, 11) is 1.91. The lowest BCUT2D eigenvalue weighted by molar-refractivity contribution is 0.575. The summed E-state index contributed by atoms with van der Waals surface area (Å²) < 4.78 is 0. The van der Waals surface area contributed by atoms with Crippen LogP contribution in [0.15, 0.2) is 25.1 Å². The van der Waals surface area contributed by atoms with E-state index in [0.29, 0.717) is 0 Å². The first-order valence-electron chi connectivity index (χ1n) is 3.19. The second-order valence-electron chi connectivity index (χ2n) is 1.53. The van der Waals surface area contributed by atoms with Gasteiger partial charge < -0.3 is 4.90 Å². The zero-order chi connectivity index (χ0) is 7.86. The Morgan fingerprint density at radius 2 is 1.78 bits per heavy atom. The highest BCUT2D eigenvalue weighted by Gasteiger charge is 1.83. The van der Waals surface area contributed by atoms with Crippen LogP contribution in [0.3, 0.4) is 0 Å². The molecular weight excluding hydrogens is 110 g/mol. The average molecular weight is 127 g/mol. The fourth-order valence-corrected chi connectivity index (χ4v) is 0.156. The molecule has 0 aromatic rings. The van der Waals surface area contributed by atoms with E-state index in [2.05, 4.69) is 13.2 Å². The van der Waals surface area contributed by atoms with E-state index < -0.39 is 0 Å². The quantitative estimate of drug-likeness (QED) is 0.551. The van der Waals surface area contributed by atoms with Gasteiger partial charge in [0.05, 0.1) is 0 Å². The van der Waals surface area contributed by atoms with Crippen LogP contribution in [-0.2, 0) is 0 Å². The van der Waals surface area contributed by atoms with E-state index >= 15 is 0 Å². The van der Waals surface area contributed by atoms with Crippen molar-refractivity contribution in [2.24, 2.45) is 0 Å². The molecule has 1 heteroatoms. The van der Waals surface area contributed by atoms with Crippen LogP contribution in [0.1, 0.15) is 20.8 Å². The molecule has 0 spiro atoms. The Kier molecular flexibility index (Phi) is 9.00. The van der Waals surface area contributed by atoms with E-state index in [0.717, 1.165) is 5.70 Å². The molecule has 0 bridgehead atoms. The van der Waals surface area contributed by atoms with Gasteiger partial charge in [-0.3, -0.25) is 0 Å². The van der Waals surface area contributed by atoms with Crippen LogP contribution >= 0.6 is 0 Å². The maximum atomic E-state index is 3.68. The van der Waals surface area contributed by atoms with Crippen LogP contribution in [0.25, 0.3) is 0 Å². The maximum Gasteiger partial charge on any atom is 0.0108 e. The number of hydrogen-bond acceptors (Lipinski definition) is 1. The fraction of sp³-hybridized carbons (Fsp3) is 0.500. The topological polar surface area (TPSA) is 3.24 Å². The van der Waals surface area contributed by atoms with E-state index in [1.807, 2.05) is 32.7 Å². The van der Waals surface area contributed by atoms with Crippen molar-refractivity contribution >= 4 is 0 Å². The number of rotatable bonds is 2. The van der Waals surface area contributed by atoms with Gasteiger partial charge in [-0.15, -0.1) is 0 Å². The fourth-order valence-electron chi connectivity index (χ4n) is 0.156. The molecule has 0 unspecified atom stereocenters. The summed E-state index contributed by atoms with van der Waals surface area (Å²) >= 11 is 0. The summed E-state index contributed by atoms with van der Waals surface area (Å²) in [6.07, 6.45) is 1.72. The van der Waals surface area contributed by atoms with Crippen molar-refractivity contribution in [3.8, 4) is 0 Å². The van der Waals surface area contributed by atoms with Crippen LogP contribution in [0.2, 0.25) is 0 Å². The molecule has 0 atom stereocenters. The third-order valence-corrected chi connectivity index (χ3v) is 0.876. The van der Waals surface area contributed by atoms with Crippen molar-refractivity contribution < 1.29 is 0 Å². The summed E-state index contributed by atoms with van der Waals surface area (Å²) in [5.41, 5.74) is 1.01. The highest BCUT2D eigenvalue weighted by molar-refractivity contribution is 4.91. The molecule has 0 saturated heterocycles. The van der Waals surface area contributed by atoms with E-state index in [9.17, 15) is 0 Å². The van der Waals surface area contributed by atoms with E-state index in [4.69, 9.17) is 0 Å². The van der Waals surface area contributed by atoms with Crippen molar-refractivity contribution in [2.75, 3.05) is 7.05 Å². The summed E-state index contributed by atoms with van der Waals surface area (Å²) in [6, 6.07) is 0. The van der Waals surface area contributed by atoms with Crippen molar-refractivity contribution in [1.29, 1.82) is 0 Å². The van der Waals surface area contributed by atoms with Crippen molar-refractivity contribution in [3.05, 3.63) is 25.1 Å². The monoisotopic (exact) mass is 127 g/mol. The highest BCUT2D eigenvalue weighted by Crippen LogP contribution is 1.92. The minimum Gasteiger partial charge on any atom is -0.356 e. The standard InChI is InChI=1S/C6H11N.C2H6/c1-5-7(4)6(2)3;1-2/h5H,1-2H2,3-4H3;1-2H3. The Labute approximate surface area is 58.7 Å². The van der Waals surface area contributed by atoms with Crippen LogP contribution in [-0.4, -0.2) is 11.9 Å². The summed E-state index contributed by atoms with van der Waals surface area (Å²) in [6.45, 7) is 13.2. The van der Waals surface area contributed by atoms with Crippen molar-refractivity contribution in [2.45, 2.75) is 20.8 Å². The Morgan fingerprint density at radius 3 is 1.78 bits per heavy atom. The third kappa shape index (κ3) is 7.28. The lowest BCUT2D eigenvalue weighted by Gasteiger charge is -2.10. The largest absolute Gasteiger partial charge is 0.356 e. The maximum absolute atomic E-state index is 3.68. The van der Waals surface area contributed by atoms with Crippen LogP contribution < -0.4 is 0 Å². The van der Waals surface area contributed by atoms with Gasteiger partial charge in [-0.1, -0.05) is 27.0 Å². The van der Waals surface area contributed by atoms with Gasteiger partial charge in [0.15, 0.2) is 0 Å².